The van der Waals surface area contributed by atoms with E-state index in [4.69, 9.17) is 0 Å². The number of amides is 3. The quantitative estimate of drug-likeness (QED) is 0.844. The Labute approximate surface area is 112 Å². The van der Waals surface area contributed by atoms with E-state index in [2.05, 4.69) is 5.32 Å². The number of nitrogens with one attached hydrogen (secondary N) is 1. The van der Waals surface area contributed by atoms with Gasteiger partial charge in [0.1, 0.15) is 6.04 Å². The lowest BCUT2D eigenvalue weighted by Crippen LogP contribution is -2.39. The maximum Gasteiger partial charge on any atom is 0.325 e. The molecule has 19 heavy (non-hydrogen) atoms. The van der Waals surface area contributed by atoms with Gasteiger partial charge < -0.3 is 5.32 Å². The monoisotopic (exact) mass is 258 g/mol. The Balaban J connectivity index is 1.71. The van der Waals surface area contributed by atoms with Crippen LogP contribution in [0.1, 0.15) is 31.2 Å². The summed E-state index contributed by atoms with van der Waals surface area (Å²) in [6, 6.07) is 9.33. The predicted molar refractivity (Wildman–Crippen MR) is 71.6 cm³/mol. The van der Waals surface area contributed by atoms with Crippen molar-refractivity contribution < 1.29 is 9.59 Å². The molecule has 1 saturated carbocycles. The van der Waals surface area contributed by atoms with Gasteiger partial charge in [0.2, 0.25) is 0 Å². The molecule has 1 aromatic carbocycles. The van der Waals surface area contributed by atoms with E-state index in [0.29, 0.717) is 6.42 Å². The van der Waals surface area contributed by atoms with Crippen molar-refractivity contribution in [1.29, 1.82) is 0 Å². The van der Waals surface area contributed by atoms with E-state index in [1.807, 2.05) is 30.3 Å². The molecule has 0 bridgehead atoms. The minimum atomic E-state index is -0.393. The fourth-order valence-electron chi connectivity index (χ4n) is 3.04. The summed E-state index contributed by atoms with van der Waals surface area (Å²) in [5.74, 6) is -0.0549. The van der Waals surface area contributed by atoms with Crippen molar-refractivity contribution in [3.05, 3.63) is 35.9 Å². The van der Waals surface area contributed by atoms with Crippen molar-refractivity contribution in [2.24, 2.45) is 0 Å². The average molecular weight is 258 g/mol. The molecule has 4 nitrogen and oxygen atoms in total. The third kappa shape index (κ3) is 2.35. The second kappa shape index (κ2) is 5.03. The Kier molecular flexibility index (Phi) is 3.23. The molecule has 2 aliphatic rings. The lowest BCUT2D eigenvalue weighted by Gasteiger charge is -2.20. The number of rotatable bonds is 3. The van der Waals surface area contributed by atoms with Crippen LogP contribution < -0.4 is 5.32 Å². The van der Waals surface area contributed by atoms with Crippen LogP contribution in [0.5, 0.6) is 0 Å². The first kappa shape index (κ1) is 12.2. The van der Waals surface area contributed by atoms with Crippen LogP contribution in [0.2, 0.25) is 0 Å². The molecule has 100 valence electrons. The molecule has 0 spiro atoms. The topological polar surface area (TPSA) is 49.4 Å². The molecule has 3 amide bonds. The summed E-state index contributed by atoms with van der Waals surface area (Å²) in [5.41, 5.74) is 1.08. The van der Waals surface area contributed by atoms with Crippen molar-refractivity contribution >= 4 is 11.9 Å². The number of urea groups is 1. The van der Waals surface area contributed by atoms with E-state index in [0.717, 1.165) is 31.2 Å². The van der Waals surface area contributed by atoms with E-state index in [1.54, 1.807) is 0 Å². The van der Waals surface area contributed by atoms with Crippen LogP contribution in [-0.2, 0) is 11.2 Å². The lowest BCUT2D eigenvalue weighted by atomic mass is 10.1. The van der Waals surface area contributed by atoms with Gasteiger partial charge >= 0.3 is 6.03 Å². The first-order valence-electron chi connectivity index (χ1n) is 6.93. The van der Waals surface area contributed by atoms with Gasteiger partial charge in [-0.25, -0.2) is 4.79 Å². The largest absolute Gasteiger partial charge is 0.325 e. The van der Waals surface area contributed by atoms with Gasteiger partial charge in [-0.05, 0) is 18.4 Å². The van der Waals surface area contributed by atoms with Crippen molar-refractivity contribution in [2.75, 3.05) is 0 Å². The highest BCUT2D eigenvalue weighted by molar-refractivity contribution is 6.04. The molecule has 0 aromatic heterocycles. The molecule has 1 unspecified atom stereocenters. The molecule has 4 heteroatoms. The number of hydrogen-bond acceptors (Lipinski definition) is 2. The Morgan fingerprint density at radius 2 is 1.79 bits per heavy atom. The summed E-state index contributed by atoms with van der Waals surface area (Å²) in [5, 5.41) is 2.82. The molecular weight excluding hydrogens is 240 g/mol. The fraction of sp³-hybridized carbons (Fsp3) is 0.467. The predicted octanol–water partition coefficient (Wildman–Crippen LogP) is 2.09. The third-order valence-electron chi connectivity index (χ3n) is 4.02. The van der Waals surface area contributed by atoms with Gasteiger partial charge in [0, 0.05) is 12.5 Å². The van der Waals surface area contributed by atoms with Crippen molar-refractivity contribution in [3.8, 4) is 0 Å². The molecule has 1 atom stereocenters. The smallest absolute Gasteiger partial charge is 0.325 e. The molecule has 1 aromatic rings. The van der Waals surface area contributed by atoms with Crippen LogP contribution in [0.25, 0.3) is 0 Å². The minimum Gasteiger partial charge on any atom is -0.325 e. The first-order valence-corrected chi connectivity index (χ1v) is 6.93. The summed E-state index contributed by atoms with van der Waals surface area (Å²) in [4.78, 5) is 25.8. The SMILES string of the molecule is O=C1NC(Cc2ccccc2)C(=O)N1C1CCCC1. The zero-order chi connectivity index (χ0) is 13.2. The summed E-state index contributed by atoms with van der Waals surface area (Å²) in [6.45, 7) is 0. The molecule has 1 saturated heterocycles. The molecule has 1 heterocycles. The number of nitrogens with zero attached hydrogens (tertiary/aromatic N) is 1. The van der Waals surface area contributed by atoms with Gasteiger partial charge in [-0.2, -0.15) is 0 Å². The Morgan fingerprint density at radius 3 is 2.47 bits per heavy atom. The van der Waals surface area contributed by atoms with Gasteiger partial charge in [-0.15, -0.1) is 0 Å². The number of hydrogen-bond donors (Lipinski definition) is 1. The molecular formula is C15H18N2O2. The number of imide groups is 1. The third-order valence-corrected chi connectivity index (χ3v) is 4.02. The second-order valence-electron chi connectivity index (χ2n) is 5.34. The number of carbonyl (C=O) groups excluding carboxylic acids is 2. The summed E-state index contributed by atoms with van der Waals surface area (Å²) < 4.78 is 0. The number of carbonyl (C=O) groups is 2. The standard InChI is InChI=1S/C15H18N2O2/c18-14-13(10-11-6-2-1-3-7-11)16-15(19)17(14)12-8-4-5-9-12/h1-3,6-7,12-13H,4-5,8-10H2,(H,16,19). The highest BCUT2D eigenvalue weighted by Crippen LogP contribution is 2.26. The van der Waals surface area contributed by atoms with Crippen LogP contribution in [0, 0.1) is 0 Å². The summed E-state index contributed by atoms with van der Waals surface area (Å²) >= 11 is 0. The lowest BCUT2D eigenvalue weighted by molar-refractivity contribution is -0.128. The number of benzene rings is 1. The maximum absolute atomic E-state index is 12.3. The van der Waals surface area contributed by atoms with Crippen LogP contribution in [0.4, 0.5) is 4.79 Å². The van der Waals surface area contributed by atoms with Gasteiger partial charge in [0.15, 0.2) is 0 Å². The summed E-state index contributed by atoms with van der Waals surface area (Å²) in [6.07, 6.45) is 4.72. The Morgan fingerprint density at radius 1 is 1.11 bits per heavy atom. The van der Waals surface area contributed by atoms with Crippen LogP contribution in [0.15, 0.2) is 30.3 Å². The normalized spacial score (nSPS) is 24.0. The second-order valence-corrected chi connectivity index (χ2v) is 5.34. The zero-order valence-electron chi connectivity index (χ0n) is 10.8. The van der Waals surface area contributed by atoms with Crippen molar-refractivity contribution in [1.82, 2.24) is 10.2 Å². The van der Waals surface area contributed by atoms with Crippen LogP contribution in [0.3, 0.4) is 0 Å². The molecule has 1 aliphatic heterocycles. The van der Waals surface area contributed by atoms with Gasteiger partial charge in [0.25, 0.3) is 5.91 Å². The van der Waals surface area contributed by atoms with Crippen molar-refractivity contribution in [2.45, 2.75) is 44.2 Å². The van der Waals surface area contributed by atoms with Crippen LogP contribution in [-0.4, -0.2) is 28.9 Å². The maximum atomic E-state index is 12.3. The molecule has 0 radical (unpaired) electrons. The van der Waals surface area contributed by atoms with E-state index in [1.165, 1.54) is 4.90 Å². The van der Waals surface area contributed by atoms with Crippen LogP contribution >= 0.6 is 0 Å². The molecule has 1 N–H and O–H groups in total. The Hall–Kier alpha value is -1.84. The van der Waals surface area contributed by atoms with E-state index >= 15 is 0 Å². The van der Waals surface area contributed by atoms with E-state index in [-0.39, 0.29) is 18.0 Å². The van der Waals surface area contributed by atoms with Gasteiger partial charge in [-0.1, -0.05) is 43.2 Å². The van der Waals surface area contributed by atoms with Gasteiger partial charge in [0.05, 0.1) is 0 Å². The highest BCUT2D eigenvalue weighted by atomic mass is 16.2. The summed E-state index contributed by atoms with van der Waals surface area (Å²) in [7, 11) is 0. The minimum absolute atomic E-state index is 0.0549. The highest BCUT2D eigenvalue weighted by Gasteiger charge is 2.42. The van der Waals surface area contributed by atoms with E-state index < -0.39 is 6.04 Å². The Bertz CT molecular complexity index is 480. The van der Waals surface area contributed by atoms with E-state index in [9.17, 15) is 9.59 Å². The average Bonchev–Trinajstić information content (AvgIpc) is 3.01. The molecule has 3 rings (SSSR count). The molecule has 1 aliphatic carbocycles. The first-order chi connectivity index (χ1) is 9.25. The van der Waals surface area contributed by atoms with Crippen molar-refractivity contribution in [3.63, 3.8) is 0 Å². The van der Waals surface area contributed by atoms with Gasteiger partial charge in [-0.3, -0.25) is 9.69 Å². The zero-order valence-corrected chi connectivity index (χ0v) is 10.8. The fourth-order valence-corrected chi connectivity index (χ4v) is 3.04. The molecule has 2 fully saturated rings.